The third-order valence-electron chi connectivity index (χ3n) is 4.54. The number of ether oxygens (including phenoxy) is 2. The smallest absolute Gasteiger partial charge is 0.258 e. The quantitative estimate of drug-likeness (QED) is 0.300. The van der Waals surface area contributed by atoms with Crippen molar-refractivity contribution in [2.75, 3.05) is 19.8 Å². The second-order valence-corrected chi connectivity index (χ2v) is 6.88. The van der Waals surface area contributed by atoms with Crippen LogP contribution in [-0.4, -0.2) is 36.7 Å². The minimum atomic E-state index is -0.452. The van der Waals surface area contributed by atoms with Crippen LogP contribution >= 0.6 is 0 Å². The van der Waals surface area contributed by atoms with Crippen LogP contribution < -0.4 is 15.8 Å². The summed E-state index contributed by atoms with van der Waals surface area (Å²) in [6.45, 7) is 5.70. The van der Waals surface area contributed by atoms with Crippen LogP contribution in [0.25, 0.3) is 22.2 Å². The monoisotopic (exact) mass is 406 g/mol. The number of guanidine groups is 1. The van der Waals surface area contributed by atoms with E-state index in [1.165, 1.54) is 0 Å². The van der Waals surface area contributed by atoms with E-state index >= 15 is 0 Å². The number of aryl methyl sites for hydroxylation is 1. The summed E-state index contributed by atoms with van der Waals surface area (Å²) in [5, 5.41) is 10.4. The predicted octanol–water partition coefficient (Wildman–Crippen LogP) is 3.64. The summed E-state index contributed by atoms with van der Waals surface area (Å²) >= 11 is 0. The van der Waals surface area contributed by atoms with E-state index in [1.54, 1.807) is 18.2 Å². The molecule has 30 heavy (non-hydrogen) atoms. The molecule has 0 aliphatic rings. The van der Waals surface area contributed by atoms with Crippen molar-refractivity contribution < 1.29 is 14.3 Å². The van der Waals surface area contributed by atoms with Crippen molar-refractivity contribution in [3.05, 3.63) is 59.7 Å². The van der Waals surface area contributed by atoms with Gasteiger partial charge in [0, 0.05) is 23.6 Å². The van der Waals surface area contributed by atoms with E-state index in [0.29, 0.717) is 47.7 Å². The molecular formula is C23H26N4O3. The van der Waals surface area contributed by atoms with Crippen LogP contribution in [0.15, 0.2) is 48.5 Å². The van der Waals surface area contributed by atoms with Gasteiger partial charge in [-0.25, -0.2) is 4.98 Å². The third-order valence-corrected chi connectivity index (χ3v) is 4.54. The zero-order chi connectivity index (χ0) is 21.5. The summed E-state index contributed by atoms with van der Waals surface area (Å²) in [6.07, 6.45) is 0.965. The Hall–Kier alpha value is -3.45. The van der Waals surface area contributed by atoms with E-state index in [9.17, 15) is 4.79 Å². The van der Waals surface area contributed by atoms with E-state index in [1.807, 2.05) is 37.3 Å². The number of carbonyl (C=O) groups is 1. The van der Waals surface area contributed by atoms with Crippen molar-refractivity contribution in [3.8, 4) is 17.0 Å². The molecule has 0 fully saturated rings. The SMILES string of the molecule is CCCOCCOc1ccc2c(C(=O)NC(=N)N)cc(-c3ccccc3C)nc2c1. The van der Waals surface area contributed by atoms with Crippen LogP contribution in [0.3, 0.4) is 0 Å². The van der Waals surface area contributed by atoms with Crippen molar-refractivity contribution >= 4 is 22.8 Å². The molecule has 0 saturated carbocycles. The van der Waals surface area contributed by atoms with Gasteiger partial charge in [-0.3, -0.25) is 15.5 Å². The topological polar surface area (TPSA) is 110 Å². The van der Waals surface area contributed by atoms with Crippen molar-refractivity contribution in [1.29, 1.82) is 5.41 Å². The second kappa shape index (κ2) is 9.84. The highest BCUT2D eigenvalue weighted by Crippen LogP contribution is 2.29. The first-order chi connectivity index (χ1) is 14.5. The highest BCUT2D eigenvalue weighted by Gasteiger charge is 2.16. The maximum Gasteiger partial charge on any atom is 0.258 e. The molecule has 1 amide bonds. The fourth-order valence-electron chi connectivity index (χ4n) is 3.14. The lowest BCUT2D eigenvalue weighted by atomic mass is 10.0. The molecule has 4 N–H and O–H groups in total. The van der Waals surface area contributed by atoms with Crippen molar-refractivity contribution in [3.63, 3.8) is 0 Å². The number of aromatic nitrogens is 1. The van der Waals surface area contributed by atoms with Gasteiger partial charge < -0.3 is 15.2 Å². The van der Waals surface area contributed by atoms with Gasteiger partial charge in [0.1, 0.15) is 12.4 Å². The molecule has 3 aromatic rings. The molecule has 0 spiro atoms. The minimum absolute atomic E-state index is 0.395. The fraction of sp³-hybridized carbons (Fsp3) is 0.261. The van der Waals surface area contributed by atoms with Crippen LogP contribution in [0.4, 0.5) is 0 Å². The number of nitrogens with two attached hydrogens (primary N) is 1. The number of hydrogen-bond donors (Lipinski definition) is 3. The summed E-state index contributed by atoms with van der Waals surface area (Å²) in [7, 11) is 0. The first-order valence-electron chi connectivity index (χ1n) is 9.86. The standard InChI is InChI=1S/C23H26N4O3/c1-3-10-29-11-12-30-16-8-9-18-19(22(28)27-23(24)25)14-21(26-20(18)13-16)17-7-5-4-6-15(17)2/h4-9,13-14H,3,10-12H2,1-2H3,(H4,24,25,27,28). The zero-order valence-electron chi connectivity index (χ0n) is 17.2. The number of fused-ring (bicyclic) bond motifs is 1. The molecule has 0 saturated heterocycles. The van der Waals surface area contributed by atoms with Crippen LogP contribution in [0.1, 0.15) is 29.3 Å². The summed E-state index contributed by atoms with van der Waals surface area (Å²) in [5.41, 5.74) is 9.02. The predicted molar refractivity (Wildman–Crippen MR) is 118 cm³/mol. The summed E-state index contributed by atoms with van der Waals surface area (Å²) in [5.74, 6) is -0.212. The Morgan fingerprint density at radius 1 is 1.13 bits per heavy atom. The molecule has 1 heterocycles. The fourth-order valence-corrected chi connectivity index (χ4v) is 3.14. The molecule has 2 aromatic carbocycles. The maximum absolute atomic E-state index is 12.7. The Labute approximate surface area is 175 Å². The number of carbonyl (C=O) groups excluding carboxylic acids is 1. The molecule has 0 bridgehead atoms. The second-order valence-electron chi connectivity index (χ2n) is 6.88. The maximum atomic E-state index is 12.7. The van der Waals surface area contributed by atoms with Crippen molar-refractivity contribution in [2.45, 2.75) is 20.3 Å². The molecule has 7 nitrogen and oxygen atoms in total. The Kier molecular flexibility index (Phi) is 6.98. The largest absolute Gasteiger partial charge is 0.491 e. The van der Waals surface area contributed by atoms with Gasteiger partial charge in [-0.1, -0.05) is 31.2 Å². The lowest BCUT2D eigenvalue weighted by molar-refractivity contribution is 0.0978. The molecule has 156 valence electrons. The van der Waals surface area contributed by atoms with Gasteiger partial charge in [0.05, 0.1) is 23.4 Å². The number of benzene rings is 2. The van der Waals surface area contributed by atoms with E-state index in [-0.39, 0.29) is 0 Å². The molecule has 0 unspecified atom stereocenters. The Bertz CT molecular complexity index is 1070. The van der Waals surface area contributed by atoms with Crippen LogP contribution in [0.2, 0.25) is 0 Å². The van der Waals surface area contributed by atoms with Crippen LogP contribution in [0.5, 0.6) is 5.75 Å². The Morgan fingerprint density at radius 2 is 1.93 bits per heavy atom. The minimum Gasteiger partial charge on any atom is -0.491 e. The van der Waals surface area contributed by atoms with Gasteiger partial charge in [0.15, 0.2) is 5.96 Å². The molecule has 1 aromatic heterocycles. The van der Waals surface area contributed by atoms with E-state index in [2.05, 4.69) is 12.2 Å². The summed E-state index contributed by atoms with van der Waals surface area (Å²) in [6, 6.07) is 15.0. The van der Waals surface area contributed by atoms with Gasteiger partial charge in [-0.05, 0) is 37.1 Å². The van der Waals surface area contributed by atoms with E-state index in [0.717, 1.165) is 17.5 Å². The lowest BCUT2D eigenvalue weighted by Crippen LogP contribution is -2.35. The highest BCUT2D eigenvalue weighted by atomic mass is 16.5. The molecule has 0 aliphatic carbocycles. The summed E-state index contributed by atoms with van der Waals surface area (Å²) < 4.78 is 11.2. The zero-order valence-corrected chi connectivity index (χ0v) is 17.2. The van der Waals surface area contributed by atoms with E-state index < -0.39 is 11.9 Å². The molecule has 0 radical (unpaired) electrons. The van der Waals surface area contributed by atoms with Crippen molar-refractivity contribution in [2.24, 2.45) is 5.73 Å². The first kappa shape index (κ1) is 21.3. The number of hydrogen-bond acceptors (Lipinski definition) is 5. The van der Waals surface area contributed by atoms with Gasteiger partial charge in [0.2, 0.25) is 0 Å². The van der Waals surface area contributed by atoms with Crippen molar-refractivity contribution in [1.82, 2.24) is 10.3 Å². The molecule has 7 heteroatoms. The van der Waals surface area contributed by atoms with Gasteiger partial charge in [0.25, 0.3) is 5.91 Å². The number of amides is 1. The Morgan fingerprint density at radius 3 is 2.67 bits per heavy atom. The molecule has 3 rings (SSSR count). The van der Waals surface area contributed by atoms with Gasteiger partial charge in [-0.15, -0.1) is 0 Å². The van der Waals surface area contributed by atoms with E-state index in [4.69, 9.17) is 25.6 Å². The third kappa shape index (κ3) is 5.12. The normalized spacial score (nSPS) is 10.7. The molecular weight excluding hydrogens is 380 g/mol. The average Bonchev–Trinajstić information content (AvgIpc) is 2.72. The Balaban J connectivity index is 2.01. The molecule has 0 aliphatic heterocycles. The van der Waals surface area contributed by atoms with Crippen LogP contribution in [0, 0.1) is 12.3 Å². The number of pyridine rings is 1. The number of nitrogens with one attached hydrogen (secondary N) is 2. The van der Waals surface area contributed by atoms with Crippen LogP contribution in [-0.2, 0) is 4.74 Å². The number of nitrogens with zero attached hydrogens (tertiary/aromatic N) is 1. The first-order valence-corrected chi connectivity index (χ1v) is 9.86. The van der Waals surface area contributed by atoms with Gasteiger partial charge in [-0.2, -0.15) is 0 Å². The lowest BCUT2D eigenvalue weighted by Gasteiger charge is -2.13. The number of rotatable bonds is 8. The summed E-state index contributed by atoms with van der Waals surface area (Å²) in [4.78, 5) is 17.5. The highest BCUT2D eigenvalue weighted by molar-refractivity contribution is 6.12. The van der Waals surface area contributed by atoms with Gasteiger partial charge >= 0.3 is 0 Å². The average molecular weight is 406 g/mol. The molecule has 0 atom stereocenters.